The zero-order valence-electron chi connectivity index (χ0n) is 13.3. The highest BCUT2D eigenvalue weighted by atomic mass is 35.5. The van der Waals surface area contributed by atoms with Gasteiger partial charge < -0.3 is 0 Å². The average molecular weight is 486 g/mol. The molecule has 1 aromatic heterocycles. The van der Waals surface area contributed by atoms with Crippen LogP contribution in [0.3, 0.4) is 0 Å². The Kier molecular flexibility index (Phi) is 6.15. The molecule has 0 saturated carbocycles. The molecule has 1 N–H and O–H groups in total. The summed E-state index contributed by atoms with van der Waals surface area (Å²) in [7, 11) is -3.98. The third kappa shape index (κ3) is 4.83. The highest BCUT2D eigenvalue weighted by molar-refractivity contribution is 7.92. The number of anilines is 1. The lowest BCUT2D eigenvalue weighted by Gasteiger charge is -2.09. The minimum atomic E-state index is -3.98. The third-order valence-electron chi connectivity index (χ3n) is 3.50. The van der Waals surface area contributed by atoms with Crippen LogP contribution in [0.5, 0.6) is 0 Å². The van der Waals surface area contributed by atoms with E-state index in [-0.39, 0.29) is 25.7 Å². The largest absolute Gasteiger partial charge is 0.276 e. The summed E-state index contributed by atoms with van der Waals surface area (Å²) in [4.78, 5) is -0.188. The number of rotatable bonds is 5. The van der Waals surface area contributed by atoms with Gasteiger partial charge in [-0.3, -0.25) is 9.40 Å². The molecule has 3 rings (SSSR count). The van der Waals surface area contributed by atoms with Crippen molar-refractivity contribution in [2.24, 2.45) is 0 Å². The second-order valence-corrected chi connectivity index (χ2v) is 9.18. The molecule has 0 fully saturated rings. The Morgan fingerprint density at radius 3 is 2.33 bits per heavy atom. The topological polar surface area (TPSA) is 64.0 Å². The first-order valence-corrected chi connectivity index (χ1v) is 10.7. The second-order valence-electron chi connectivity index (χ2n) is 5.46. The summed E-state index contributed by atoms with van der Waals surface area (Å²) in [5.41, 5.74) is 1.04. The maximum Gasteiger partial charge on any atom is 0.263 e. The zero-order valence-corrected chi connectivity index (χ0v) is 17.9. The summed E-state index contributed by atoms with van der Waals surface area (Å²) in [5, 5.41) is 5.33. The molecular formula is C16H10Cl5N3O2S. The fourth-order valence-corrected chi connectivity index (χ4v) is 4.75. The molecular weight excluding hydrogens is 476 g/mol. The van der Waals surface area contributed by atoms with Crippen molar-refractivity contribution < 1.29 is 8.42 Å². The monoisotopic (exact) mass is 483 g/mol. The maximum atomic E-state index is 12.6. The second kappa shape index (κ2) is 8.07. The molecule has 0 atom stereocenters. The molecule has 0 aliphatic heterocycles. The quantitative estimate of drug-likeness (QED) is 0.451. The van der Waals surface area contributed by atoms with Gasteiger partial charge in [0.25, 0.3) is 10.0 Å². The molecule has 0 spiro atoms. The van der Waals surface area contributed by atoms with Crippen LogP contribution >= 0.6 is 58.0 Å². The van der Waals surface area contributed by atoms with E-state index in [9.17, 15) is 8.42 Å². The Balaban J connectivity index is 1.82. The number of hydrogen-bond donors (Lipinski definition) is 1. The minimum Gasteiger partial charge on any atom is -0.276 e. The summed E-state index contributed by atoms with van der Waals surface area (Å²) in [6.07, 6.45) is 2.89. The molecule has 1 heterocycles. The van der Waals surface area contributed by atoms with Gasteiger partial charge in [-0.1, -0.05) is 64.1 Å². The molecule has 0 aliphatic rings. The van der Waals surface area contributed by atoms with Gasteiger partial charge in [-0.05, 0) is 29.8 Å². The molecule has 3 aromatic rings. The van der Waals surface area contributed by atoms with Gasteiger partial charge in [-0.25, -0.2) is 8.42 Å². The van der Waals surface area contributed by atoms with E-state index in [1.165, 1.54) is 29.2 Å². The Labute approximate surface area is 180 Å². The Hall–Kier alpha value is -1.15. The molecule has 142 valence electrons. The van der Waals surface area contributed by atoms with Gasteiger partial charge in [0.1, 0.15) is 4.90 Å². The van der Waals surface area contributed by atoms with Crippen molar-refractivity contribution in [1.29, 1.82) is 0 Å². The smallest absolute Gasteiger partial charge is 0.263 e. The van der Waals surface area contributed by atoms with Gasteiger partial charge in [0, 0.05) is 16.2 Å². The fraction of sp³-hybridized carbons (Fsp3) is 0.0625. The van der Waals surface area contributed by atoms with Crippen molar-refractivity contribution in [3.05, 3.63) is 73.4 Å². The summed E-state index contributed by atoms with van der Waals surface area (Å²) in [6, 6.07) is 7.56. The maximum absolute atomic E-state index is 12.6. The Morgan fingerprint density at radius 2 is 1.63 bits per heavy atom. The molecule has 0 amide bonds. The van der Waals surface area contributed by atoms with Crippen LogP contribution in [-0.2, 0) is 16.6 Å². The van der Waals surface area contributed by atoms with Gasteiger partial charge in [-0.2, -0.15) is 5.10 Å². The normalized spacial score (nSPS) is 11.6. The van der Waals surface area contributed by atoms with E-state index in [1.54, 1.807) is 18.2 Å². The first-order chi connectivity index (χ1) is 12.7. The molecule has 11 heteroatoms. The van der Waals surface area contributed by atoms with Crippen LogP contribution in [0.2, 0.25) is 25.1 Å². The predicted molar refractivity (Wildman–Crippen MR) is 110 cm³/mol. The van der Waals surface area contributed by atoms with Crippen molar-refractivity contribution in [1.82, 2.24) is 9.78 Å². The SMILES string of the molecule is O=S(=O)(Nc1cnn(Cc2ccc(Cl)cc2Cl)c1)c1cc(Cl)c(Cl)cc1Cl. The van der Waals surface area contributed by atoms with Crippen LogP contribution in [-0.4, -0.2) is 18.2 Å². The number of halogens is 5. The third-order valence-corrected chi connectivity index (χ3v) is 6.65. The Morgan fingerprint density at radius 1 is 0.926 bits per heavy atom. The van der Waals surface area contributed by atoms with Gasteiger partial charge in [-0.15, -0.1) is 0 Å². The van der Waals surface area contributed by atoms with Crippen LogP contribution in [0.1, 0.15) is 5.56 Å². The summed E-state index contributed by atoms with van der Waals surface area (Å²) < 4.78 is 29.1. The number of aromatic nitrogens is 2. The molecule has 2 aromatic carbocycles. The van der Waals surface area contributed by atoms with Crippen molar-refractivity contribution in [2.75, 3.05) is 4.72 Å². The molecule has 0 saturated heterocycles. The molecule has 27 heavy (non-hydrogen) atoms. The van der Waals surface area contributed by atoms with Gasteiger partial charge >= 0.3 is 0 Å². The standard InChI is InChI=1S/C16H10Cl5N3O2S/c17-10-2-1-9(12(18)3-10)7-24-8-11(6-22-24)23-27(25,26)16-5-14(20)13(19)4-15(16)21/h1-6,8,23H,7H2. The number of nitrogens with one attached hydrogen (secondary N) is 1. The highest BCUT2D eigenvalue weighted by Crippen LogP contribution is 2.32. The van der Waals surface area contributed by atoms with Crippen molar-refractivity contribution in [2.45, 2.75) is 11.4 Å². The van der Waals surface area contributed by atoms with E-state index >= 15 is 0 Å². The van der Waals surface area contributed by atoms with Crippen LogP contribution in [0, 0.1) is 0 Å². The van der Waals surface area contributed by atoms with Crippen molar-refractivity contribution in [3.63, 3.8) is 0 Å². The lowest BCUT2D eigenvalue weighted by molar-refractivity contribution is 0.601. The van der Waals surface area contributed by atoms with Gasteiger partial charge in [0.15, 0.2) is 0 Å². The first kappa shape index (κ1) is 20.6. The summed E-state index contributed by atoms with van der Waals surface area (Å²) in [6.45, 7) is 0.339. The van der Waals surface area contributed by atoms with E-state index in [1.807, 2.05) is 0 Å². The number of benzene rings is 2. The summed E-state index contributed by atoms with van der Waals surface area (Å²) >= 11 is 29.7. The van der Waals surface area contributed by atoms with E-state index in [4.69, 9.17) is 58.0 Å². The Bertz CT molecular complexity index is 1120. The van der Waals surface area contributed by atoms with Crippen molar-refractivity contribution >= 4 is 73.7 Å². The number of nitrogens with zero attached hydrogens (tertiary/aromatic N) is 2. The molecule has 0 radical (unpaired) electrons. The van der Waals surface area contributed by atoms with Crippen molar-refractivity contribution in [3.8, 4) is 0 Å². The zero-order chi connectivity index (χ0) is 19.8. The lowest BCUT2D eigenvalue weighted by Crippen LogP contribution is -2.13. The summed E-state index contributed by atoms with van der Waals surface area (Å²) in [5.74, 6) is 0. The predicted octanol–water partition coefficient (Wildman–Crippen LogP) is 6.00. The van der Waals surface area contributed by atoms with Crippen LogP contribution in [0.15, 0.2) is 47.6 Å². The highest BCUT2D eigenvalue weighted by Gasteiger charge is 2.21. The molecule has 0 unspecified atom stereocenters. The van der Waals surface area contributed by atoms with Gasteiger partial charge in [0.05, 0.1) is 33.5 Å². The number of hydrogen-bond acceptors (Lipinski definition) is 3. The van der Waals surface area contributed by atoms with Crippen LogP contribution in [0.25, 0.3) is 0 Å². The minimum absolute atomic E-state index is 0.0442. The average Bonchev–Trinajstić information content (AvgIpc) is 2.99. The molecule has 0 aliphatic carbocycles. The van der Waals surface area contributed by atoms with Gasteiger partial charge in [0.2, 0.25) is 0 Å². The van der Waals surface area contributed by atoms with E-state index in [2.05, 4.69) is 9.82 Å². The first-order valence-electron chi connectivity index (χ1n) is 7.29. The van der Waals surface area contributed by atoms with E-state index in [0.717, 1.165) is 5.56 Å². The molecule has 5 nitrogen and oxygen atoms in total. The fourth-order valence-electron chi connectivity index (χ4n) is 2.25. The van der Waals surface area contributed by atoms with Crippen LogP contribution in [0.4, 0.5) is 5.69 Å². The molecule has 0 bridgehead atoms. The number of sulfonamides is 1. The van der Waals surface area contributed by atoms with Crippen LogP contribution < -0.4 is 4.72 Å². The lowest BCUT2D eigenvalue weighted by atomic mass is 10.2. The van der Waals surface area contributed by atoms with E-state index in [0.29, 0.717) is 16.6 Å². The van der Waals surface area contributed by atoms with E-state index < -0.39 is 10.0 Å².